The van der Waals surface area contributed by atoms with Crippen LogP contribution in [0.5, 0.6) is 0 Å². The van der Waals surface area contributed by atoms with Crippen LogP contribution in [0.15, 0.2) is 12.1 Å². The van der Waals surface area contributed by atoms with E-state index in [4.69, 9.17) is 5.11 Å². The van der Waals surface area contributed by atoms with Gasteiger partial charge in [0.05, 0.1) is 12.3 Å². The Morgan fingerprint density at radius 3 is 2.93 bits per heavy atom. The van der Waals surface area contributed by atoms with E-state index in [-0.39, 0.29) is 6.61 Å². The highest BCUT2D eigenvalue weighted by atomic mass is 16.3. The average Bonchev–Trinajstić information content (AvgIpc) is 2.77. The second-order valence-corrected chi connectivity index (χ2v) is 3.94. The molecule has 2 rings (SSSR count). The minimum Gasteiger partial charge on any atom is -0.390 e. The lowest BCUT2D eigenvalue weighted by Gasteiger charge is -2.23. The first-order valence-electron chi connectivity index (χ1n) is 5.55. The molecule has 0 radical (unpaired) electrons. The molecule has 2 heterocycles. The number of anilines is 1. The lowest BCUT2D eigenvalue weighted by atomic mass is 10.2. The maximum absolute atomic E-state index is 8.88. The van der Waals surface area contributed by atoms with Gasteiger partial charge in [-0.15, -0.1) is 5.10 Å². The van der Waals surface area contributed by atoms with Crippen molar-refractivity contribution < 1.29 is 5.11 Å². The van der Waals surface area contributed by atoms with Gasteiger partial charge in [0.15, 0.2) is 5.82 Å². The maximum atomic E-state index is 8.88. The zero-order chi connectivity index (χ0) is 10.7. The molecule has 1 fully saturated rings. The normalized spacial score (nSPS) is 20.9. The number of rotatable bonds is 3. The minimum atomic E-state index is -0.0372. The Hall–Kier alpha value is -1.16. The van der Waals surface area contributed by atoms with E-state index in [1.165, 1.54) is 12.8 Å². The fourth-order valence-corrected chi connectivity index (χ4v) is 2.15. The van der Waals surface area contributed by atoms with Crippen LogP contribution >= 0.6 is 0 Å². The number of aliphatic hydroxyl groups is 1. The Morgan fingerprint density at radius 1 is 1.47 bits per heavy atom. The molecule has 0 saturated carbocycles. The molecule has 82 valence electrons. The predicted octanol–water partition coefficient (Wildman–Crippen LogP) is 1.35. The molecule has 0 aliphatic carbocycles. The monoisotopic (exact) mass is 207 g/mol. The first-order chi connectivity index (χ1) is 7.35. The SMILES string of the molecule is CCC1CCCN1c1ccc(CO)nn1. The van der Waals surface area contributed by atoms with Gasteiger partial charge >= 0.3 is 0 Å². The summed E-state index contributed by atoms with van der Waals surface area (Å²) in [7, 11) is 0. The van der Waals surface area contributed by atoms with E-state index in [1.54, 1.807) is 0 Å². The van der Waals surface area contributed by atoms with Crippen LogP contribution < -0.4 is 4.90 Å². The molecule has 4 heteroatoms. The van der Waals surface area contributed by atoms with Crippen LogP contribution in [0.4, 0.5) is 5.82 Å². The van der Waals surface area contributed by atoms with Crippen LogP contribution in [0.25, 0.3) is 0 Å². The number of aromatic nitrogens is 2. The van der Waals surface area contributed by atoms with Crippen molar-refractivity contribution in [2.24, 2.45) is 0 Å². The maximum Gasteiger partial charge on any atom is 0.151 e. The highest BCUT2D eigenvalue weighted by Crippen LogP contribution is 2.24. The smallest absolute Gasteiger partial charge is 0.151 e. The van der Waals surface area contributed by atoms with Gasteiger partial charge in [-0.05, 0) is 31.4 Å². The summed E-state index contributed by atoms with van der Waals surface area (Å²) in [4.78, 5) is 2.31. The van der Waals surface area contributed by atoms with Gasteiger partial charge in [0.2, 0.25) is 0 Å². The highest BCUT2D eigenvalue weighted by molar-refractivity contribution is 5.39. The van der Waals surface area contributed by atoms with E-state index in [2.05, 4.69) is 22.0 Å². The van der Waals surface area contributed by atoms with Crippen molar-refractivity contribution in [3.8, 4) is 0 Å². The van der Waals surface area contributed by atoms with Crippen LogP contribution in [0.2, 0.25) is 0 Å². The Morgan fingerprint density at radius 2 is 2.33 bits per heavy atom. The summed E-state index contributed by atoms with van der Waals surface area (Å²) < 4.78 is 0. The summed E-state index contributed by atoms with van der Waals surface area (Å²) in [5, 5.41) is 17.0. The van der Waals surface area contributed by atoms with Crippen molar-refractivity contribution >= 4 is 5.82 Å². The lowest BCUT2D eigenvalue weighted by Crippen LogP contribution is -2.29. The predicted molar refractivity (Wildman–Crippen MR) is 58.6 cm³/mol. The average molecular weight is 207 g/mol. The fourth-order valence-electron chi connectivity index (χ4n) is 2.15. The number of hydrogen-bond donors (Lipinski definition) is 1. The Balaban J connectivity index is 2.14. The number of nitrogens with zero attached hydrogens (tertiary/aromatic N) is 3. The largest absolute Gasteiger partial charge is 0.390 e. The molecule has 1 aliphatic heterocycles. The Labute approximate surface area is 89.9 Å². The third-order valence-corrected chi connectivity index (χ3v) is 3.01. The molecule has 1 unspecified atom stereocenters. The molecule has 1 saturated heterocycles. The lowest BCUT2D eigenvalue weighted by molar-refractivity contribution is 0.275. The topological polar surface area (TPSA) is 49.2 Å². The van der Waals surface area contributed by atoms with Crippen molar-refractivity contribution in [2.45, 2.75) is 38.8 Å². The summed E-state index contributed by atoms with van der Waals surface area (Å²) in [6.45, 7) is 3.24. The van der Waals surface area contributed by atoms with Crippen LogP contribution in [-0.2, 0) is 6.61 Å². The third kappa shape index (κ3) is 2.09. The van der Waals surface area contributed by atoms with E-state index < -0.39 is 0 Å². The summed E-state index contributed by atoms with van der Waals surface area (Å²) in [5.41, 5.74) is 0.631. The van der Waals surface area contributed by atoms with E-state index in [0.717, 1.165) is 18.8 Å². The molecule has 0 spiro atoms. The van der Waals surface area contributed by atoms with Crippen molar-refractivity contribution in [1.29, 1.82) is 0 Å². The molecule has 0 bridgehead atoms. The zero-order valence-corrected chi connectivity index (χ0v) is 9.06. The molecular formula is C11H17N3O. The van der Waals surface area contributed by atoms with Gasteiger partial charge in [-0.3, -0.25) is 0 Å². The van der Waals surface area contributed by atoms with Crippen molar-refractivity contribution in [1.82, 2.24) is 10.2 Å². The molecule has 1 atom stereocenters. The van der Waals surface area contributed by atoms with Gasteiger partial charge in [0, 0.05) is 12.6 Å². The van der Waals surface area contributed by atoms with Crippen molar-refractivity contribution in [3.63, 3.8) is 0 Å². The first kappa shape index (κ1) is 10.4. The molecule has 15 heavy (non-hydrogen) atoms. The highest BCUT2D eigenvalue weighted by Gasteiger charge is 2.23. The molecule has 0 amide bonds. The van der Waals surface area contributed by atoms with Gasteiger partial charge < -0.3 is 10.0 Å². The zero-order valence-electron chi connectivity index (χ0n) is 9.06. The third-order valence-electron chi connectivity index (χ3n) is 3.01. The molecule has 1 N–H and O–H groups in total. The Bertz CT molecular complexity index is 312. The number of aliphatic hydroxyl groups excluding tert-OH is 1. The molecule has 0 aromatic carbocycles. The van der Waals surface area contributed by atoms with E-state index >= 15 is 0 Å². The van der Waals surface area contributed by atoms with Crippen LogP contribution in [0.3, 0.4) is 0 Å². The van der Waals surface area contributed by atoms with Crippen LogP contribution in [-0.4, -0.2) is 27.9 Å². The molecule has 1 aromatic heterocycles. The van der Waals surface area contributed by atoms with Gasteiger partial charge in [-0.1, -0.05) is 6.92 Å². The molecule has 4 nitrogen and oxygen atoms in total. The Kier molecular flexibility index (Phi) is 3.16. The van der Waals surface area contributed by atoms with Gasteiger partial charge in [-0.2, -0.15) is 5.10 Å². The van der Waals surface area contributed by atoms with Crippen LogP contribution in [0, 0.1) is 0 Å². The summed E-state index contributed by atoms with van der Waals surface area (Å²) in [6.07, 6.45) is 3.64. The van der Waals surface area contributed by atoms with E-state index in [1.807, 2.05) is 12.1 Å². The summed E-state index contributed by atoms with van der Waals surface area (Å²) in [6, 6.07) is 4.40. The minimum absolute atomic E-state index is 0.0372. The van der Waals surface area contributed by atoms with Gasteiger partial charge in [-0.25, -0.2) is 0 Å². The fraction of sp³-hybridized carbons (Fsp3) is 0.636. The van der Waals surface area contributed by atoms with E-state index in [9.17, 15) is 0 Å². The second-order valence-electron chi connectivity index (χ2n) is 3.94. The quantitative estimate of drug-likeness (QED) is 0.812. The first-order valence-corrected chi connectivity index (χ1v) is 5.55. The second kappa shape index (κ2) is 4.57. The summed E-state index contributed by atoms with van der Waals surface area (Å²) >= 11 is 0. The molecule has 1 aliphatic rings. The van der Waals surface area contributed by atoms with Gasteiger partial charge in [0.1, 0.15) is 0 Å². The van der Waals surface area contributed by atoms with Gasteiger partial charge in [0.25, 0.3) is 0 Å². The van der Waals surface area contributed by atoms with E-state index in [0.29, 0.717) is 11.7 Å². The van der Waals surface area contributed by atoms with Crippen molar-refractivity contribution in [2.75, 3.05) is 11.4 Å². The van der Waals surface area contributed by atoms with Crippen molar-refractivity contribution in [3.05, 3.63) is 17.8 Å². The standard InChI is InChI=1S/C11H17N3O/c1-2-10-4-3-7-14(10)11-6-5-9(8-15)12-13-11/h5-6,10,15H,2-4,7-8H2,1H3. The molecule has 1 aromatic rings. The van der Waals surface area contributed by atoms with Crippen LogP contribution in [0.1, 0.15) is 31.9 Å². The summed E-state index contributed by atoms with van der Waals surface area (Å²) in [5.74, 6) is 0.941. The molecular weight excluding hydrogens is 190 g/mol. The number of hydrogen-bond acceptors (Lipinski definition) is 4.